The van der Waals surface area contributed by atoms with Crippen LogP contribution in [-0.2, 0) is 6.42 Å². The number of hydrogen-bond donors (Lipinski definition) is 1. The maximum absolute atomic E-state index is 13.7. The minimum Gasteiger partial charge on any atom is -0.374 e. The van der Waals surface area contributed by atoms with Gasteiger partial charge in [-0.3, -0.25) is 0 Å². The Kier molecular flexibility index (Phi) is 4.00. The van der Waals surface area contributed by atoms with Crippen LogP contribution >= 0.6 is 0 Å². The quantitative estimate of drug-likeness (QED) is 0.851. The highest BCUT2D eigenvalue weighted by atomic mass is 19.1. The normalized spacial score (nSPS) is 15.7. The smallest absolute Gasteiger partial charge is 0.128 e. The van der Waals surface area contributed by atoms with Gasteiger partial charge in [0.25, 0.3) is 0 Å². The predicted molar refractivity (Wildman–Crippen MR) is 69.8 cm³/mol. The summed E-state index contributed by atoms with van der Waals surface area (Å²) in [7, 11) is 2.05. The molecule has 17 heavy (non-hydrogen) atoms. The van der Waals surface area contributed by atoms with Gasteiger partial charge in [0.15, 0.2) is 0 Å². The zero-order valence-corrected chi connectivity index (χ0v) is 10.5. The van der Waals surface area contributed by atoms with Gasteiger partial charge in [0.2, 0.25) is 0 Å². The Labute approximate surface area is 103 Å². The van der Waals surface area contributed by atoms with E-state index in [0.717, 1.165) is 23.7 Å². The van der Waals surface area contributed by atoms with E-state index >= 15 is 0 Å². The van der Waals surface area contributed by atoms with Crippen LogP contribution in [0.1, 0.15) is 24.8 Å². The minimum atomic E-state index is -0.131. The number of anilines is 1. The molecule has 0 bridgehead atoms. The molecule has 2 rings (SSSR count). The fraction of sp³-hybridized carbons (Fsp3) is 0.571. The third-order valence-electron chi connectivity index (χ3n) is 3.66. The molecule has 1 aliphatic carbocycles. The predicted octanol–water partition coefficient (Wildman–Crippen LogP) is 2.56. The SMILES string of the molecule is CN(CC1CCC1)c1cccc(F)c1CCN. The van der Waals surface area contributed by atoms with Crippen LogP contribution in [0.3, 0.4) is 0 Å². The first-order valence-electron chi connectivity index (χ1n) is 6.41. The molecule has 1 saturated carbocycles. The molecule has 94 valence electrons. The monoisotopic (exact) mass is 236 g/mol. The summed E-state index contributed by atoms with van der Waals surface area (Å²) in [5.41, 5.74) is 7.32. The van der Waals surface area contributed by atoms with Crippen molar-refractivity contribution in [2.45, 2.75) is 25.7 Å². The van der Waals surface area contributed by atoms with Crippen molar-refractivity contribution >= 4 is 5.69 Å². The molecule has 2 N–H and O–H groups in total. The van der Waals surface area contributed by atoms with E-state index in [1.165, 1.54) is 25.3 Å². The number of nitrogens with zero attached hydrogens (tertiary/aromatic N) is 1. The van der Waals surface area contributed by atoms with Gasteiger partial charge in [0.1, 0.15) is 5.82 Å². The lowest BCUT2D eigenvalue weighted by molar-refractivity contribution is 0.321. The van der Waals surface area contributed by atoms with Gasteiger partial charge in [0, 0.05) is 24.8 Å². The van der Waals surface area contributed by atoms with Crippen LogP contribution in [0.2, 0.25) is 0 Å². The highest BCUT2D eigenvalue weighted by molar-refractivity contribution is 5.54. The van der Waals surface area contributed by atoms with E-state index in [0.29, 0.717) is 13.0 Å². The summed E-state index contributed by atoms with van der Waals surface area (Å²) >= 11 is 0. The van der Waals surface area contributed by atoms with E-state index in [-0.39, 0.29) is 5.82 Å². The third kappa shape index (κ3) is 2.78. The first-order valence-corrected chi connectivity index (χ1v) is 6.41. The average molecular weight is 236 g/mol. The highest BCUT2D eigenvalue weighted by Gasteiger charge is 2.20. The van der Waals surface area contributed by atoms with E-state index in [9.17, 15) is 4.39 Å². The molecule has 0 atom stereocenters. The van der Waals surface area contributed by atoms with Crippen LogP contribution in [0.4, 0.5) is 10.1 Å². The topological polar surface area (TPSA) is 29.3 Å². The molecule has 1 aromatic carbocycles. The lowest BCUT2D eigenvalue weighted by Gasteiger charge is -2.32. The van der Waals surface area contributed by atoms with Crippen molar-refractivity contribution in [1.29, 1.82) is 0 Å². The molecule has 0 saturated heterocycles. The number of hydrogen-bond acceptors (Lipinski definition) is 2. The zero-order valence-electron chi connectivity index (χ0n) is 10.5. The Hall–Kier alpha value is -1.09. The molecular weight excluding hydrogens is 215 g/mol. The van der Waals surface area contributed by atoms with Gasteiger partial charge in [-0.25, -0.2) is 4.39 Å². The first-order chi connectivity index (χ1) is 8.22. The third-order valence-corrected chi connectivity index (χ3v) is 3.66. The van der Waals surface area contributed by atoms with Crippen molar-refractivity contribution in [3.8, 4) is 0 Å². The van der Waals surface area contributed by atoms with Gasteiger partial charge >= 0.3 is 0 Å². The Bertz CT molecular complexity index is 374. The summed E-state index contributed by atoms with van der Waals surface area (Å²) in [4.78, 5) is 2.18. The van der Waals surface area contributed by atoms with Gasteiger partial charge in [-0.05, 0) is 43.9 Å². The summed E-state index contributed by atoms with van der Waals surface area (Å²) in [6.07, 6.45) is 4.58. The van der Waals surface area contributed by atoms with Crippen molar-refractivity contribution in [3.63, 3.8) is 0 Å². The Morgan fingerprint density at radius 1 is 1.41 bits per heavy atom. The van der Waals surface area contributed by atoms with Crippen LogP contribution in [0.15, 0.2) is 18.2 Å². The van der Waals surface area contributed by atoms with Crippen molar-refractivity contribution in [2.75, 3.05) is 25.0 Å². The van der Waals surface area contributed by atoms with Gasteiger partial charge in [-0.15, -0.1) is 0 Å². The lowest BCUT2D eigenvalue weighted by Crippen LogP contribution is -2.30. The second kappa shape index (κ2) is 5.50. The van der Waals surface area contributed by atoms with Gasteiger partial charge in [-0.2, -0.15) is 0 Å². The largest absolute Gasteiger partial charge is 0.374 e. The Balaban J connectivity index is 2.14. The van der Waals surface area contributed by atoms with Crippen molar-refractivity contribution in [3.05, 3.63) is 29.6 Å². The van der Waals surface area contributed by atoms with E-state index in [1.54, 1.807) is 6.07 Å². The lowest BCUT2D eigenvalue weighted by atomic mass is 9.85. The molecular formula is C14H21FN2. The second-order valence-corrected chi connectivity index (χ2v) is 4.95. The Morgan fingerprint density at radius 2 is 2.18 bits per heavy atom. The van der Waals surface area contributed by atoms with Crippen molar-refractivity contribution < 1.29 is 4.39 Å². The van der Waals surface area contributed by atoms with Crippen LogP contribution in [0.25, 0.3) is 0 Å². The number of benzene rings is 1. The van der Waals surface area contributed by atoms with E-state index in [4.69, 9.17) is 5.73 Å². The molecule has 2 nitrogen and oxygen atoms in total. The maximum atomic E-state index is 13.7. The molecule has 0 radical (unpaired) electrons. The molecule has 0 aromatic heterocycles. The van der Waals surface area contributed by atoms with Gasteiger partial charge in [-0.1, -0.05) is 12.5 Å². The van der Waals surface area contributed by atoms with E-state index in [1.807, 2.05) is 13.1 Å². The molecule has 0 unspecified atom stereocenters. The van der Waals surface area contributed by atoms with E-state index in [2.05, 4.69) is 4.90 Å². The summed E-state index contributed by atoms with van der Waals surface area (Å²) in [5.74, 6) is 0.655. The van der Waals surface area contributed by atoms with Gasteiger partial charge in [0.05, 0.1) is 0 Å². The van der Waals surface area contributed by atoms with Crippen LogP contribution in [-0.4, -0.2) is 20.1 Å². The molecule has 0 heterocycles. The second-order valence-electron chi connectivity index (χ2n) is 4.95. The molecule has 0 aliphatic heterocycles. The highest BCUT2D eigenvalue weighted by Crippen LogP contribution is 2.30. The minimum absolute atomic E-state index is 0.131. The van der Waals surface area contributed by atoms with Crippen LogP contribution in [0, 0.1) is 11.7 Å². The number of halogens is 1. The average Bonchev–Trinajstić information content (AvgIpc) is 2.26. The fourth-order valence-corrected chi connectivity index (χ4v) is 2.46. The molecule has 3 heteroatoms. The summed E-state index contributed by atoms with van der Waals surface area (Å²) < 4.78 is 13.7. The van der Waals surface area contributed by atoms with Gasteiger partial charge < -0.3 is 10.6 Å². The molecule has 1 fully saturated rings. The first kappa shape index (κ1) is 12.4. The van der Waals surface area contributed by atoms with Crippen molar-refractivity contribution in [2.24, 2.45) is 11.7 Å². The summed E-state index contributed by atoms with van der Waals surface area (Å²) in [6, 6.07) is 5.29. The Morgan fingerprint density at radius 3 is 2.76 bits per heavy atom. The van der Waals surface area contributed by atoms with Crippen molar-refractivity contribution in [1.82, 2.24) is 0 Å². The standard InChI is InChI=1S/C14H21FN2/c1-17(10-11-4-2-5-11)14-7-3-6-13(15)12(14)8-9-16/h3,6-7,11H,2,4-5,8-10,16H2,1H3. The van der Waals surface area contributed by atoms with Crippen LogP contribution < -0.4 is 10.6 Å². The summed E-state index contributed by atoms with van der Waals surface area (Å²) in [6.45, 7) is 1.52. The van der Waals surface area contributed by atoms with E-state index < -0.39 is 0 Å². The molecule has 0 amide bonds. The fourth-order valence-electron chi connectivity index (χ4n) is 2.46. The molecule has 0 spiro atoms. The molecule has 1 aliphatic rings. The summed E-state index contributed by atoms with van der Waals surface area (Å²) in [5, 5.41) is 0. The van der Waals surface area contributed by atoms with Crippen LogP contribution in [0.5, 0.6) is 0 Å². The molecule has 1 aromatic rings. The number of rotatable bonds is 5. The zero-order chi connectivity index (χ0) is 12.3. The maximum Gasteiger partial charge on any atom is 0.128 e. The number of nitrogens with two attached hydrogens (primary N) is 1.